The Morgan fingerprint density at radius 3 is 2.62 bits per heavy atom. The Labute approximate surface area is 172 Å². The molecular formula is C17H18BrF3N2O6. The molecule has 0 fully saturated rings. The third kappa shape index (κ3) is 6.32. The van der Waals surface area contributed by atoms with Gasteiger partial charge in [-0.1, -0.05) is 15.9 Å². The lowest BCUT2D eigenvalue weighted by Crippen LogP contribution is -2.41. The minimum atomic E-state index is -4.81. The summed E-state index contributed by atoms with van der Waals surface area (Å²) in [6.07, 6.45) is -6.13. The first kappa shape index (κ1) is 22.9. The Morgan fingerprint density at radius 2 is 2.00 bits per heavy atom. The van der Waals surface area contributed by atoms with Gasteiger partial charge in [-0.25, -0.2) is 4.79 Å². The summed E-state index contributed by atoms with van der Waals surface area (Å²) in [5.74, 6) is -1.09. The van der Waals surface area contributed by atoms with Crippen LogP contribution in [0.2, 0.25) is 0 Å². The molecule has 1 atom stereocenters. The number of carbonyl (C=O) groups is 1. The summed E-state index contributed by atoms with van der Waals surface area (Å²) in [6.45, 7) is 1.54. The fourth-order valence-corrected chi connectivity index (χ4v) is 3.21. The minimum Gasteiger partial charge on any atom is -0.475 e. The SMILES string of the molecule is Cc1cc(Br)cc2c1OC(C(F)(F)F)C(C(=O)OCCN(C)CCO[N+](=O)[O-])=C2. The molecule has 0 bridgehead atoms. The highest BCUT2D eigenvalue weighted by Gasteiger charge is 2.49. The van der Waals surface area contributed by atoms with E-state index in [4.69, 9.17) is 9.47 Å². The molecule has 2 rings (SSSR count). The third-order valence-electron chi connectivity index (χ3n) is 4.01. The fraction of sp³-hybridized carbons (Fsp3) is 0.471. The molecular weight excluding hydrogens is 465 g/mol. The molecule has 1 heterocycles. The Kier molecular flexibility index (Phi) is 7.47. The van der Waals surface area contributed by atoms with Crippen molar-refractivity contribution in [3.05, 3.63) is 43.4 Å². The maximum atomic E-state index is 13.5. The van der Waals surface area contributed by atoms with Crippen molar-refractivity contribution in [2.24, 2.45) is 0 Å². The molecule has 0 amide bonds. The van der Waals surface area contributed by atoms with Crippen LogP contribution in [0.4, 0.5) is 13.2 Å². The maximum Gasteiger partial charge on any atom is 0.430 e. The second-order valence-electron chi connectivity index (χ2n) is 6.28. The predicted molar refractivity (Wildman–Crippen MR) is 98.7 cm³/mol. The topological polar surface area (TPSA) is 91.1 Å². The maximum absolute atomic E-state index is 13.5. The molecule has 0 N–H and O–H groups in total. The van der Waals surface area contributed by atoms with Gasteiger partial charge in [0.15, 0.2) is 0 Å². The van der Waals surface area contributed by atoms with Gasteiger partial charge in [0.1, 0.15) is 19.0 Å². The summed E-state index contributed by atoms with van der Waals surface area (Å²) >= 11 is 3.26. The summed E-state index contributed by atoms with van der Waals surface area (Å²) < 4.78 is 51.1. The van der Waals surface area contributed by atoms with Gasteiger partial charge in [0.25, 0.3) is 5.09 Å². The molecule has 1 aliphatic rings. The largest absolute Gasteiger partial charge is 0.475 e. The molecule has 160 valence electrons. The number of fused-ring (bicyclic) bond motifs is 1. The summed E-state index contributed by atoms with van der Waals surface area (Å²) in [4.78, 5) is 28.1. The Morgan fingerprint density at radius 1 is 1.34 bits per heavy atom. The highest BCUT2D eigenvalue weighted by molar-refractivity contribution is 9.10. The smallest absolute Gasteiger partial charge is 0.430 e. The van der Waals surface area contributed by atoms with Crippen LogP contribution in [0.25, 0.3) is 6.08 Å². The number of alkyl halides is 3. The van der Waals surface area contributed by atoms with Crippen LogP contribution in [0, 0.1) is 17.0 Å². The first-order chi connectivity index (χ1) is 13.5. The van der Waals surface area contributed by atoms with Gasteiger partial charge < -0.3 is 19.2 Å². The van der Waals surface area contributed by atoms with E-state index in [0.717, 1.165) is 6.08 Å². The number of esters is 1. The van der Waals surface area contributed by atoms with Gasteiger partial charge >= 0.3 is 12.1 Å². The summed E-state index contributed by atoms with van der Waals surface area (Å²) in [7, 11) is 1.59. The van der Waals surface area contributed by atoms with Gasteiger partial charge in [-0.2, -0.15) is 13.2 Å². The second kappa shape index (κ2) is 9.44. The van der Waals surface area contributed by atoms with Crippen LogP contribution in [0.15, 0.2) is 22.2 Å². The number of benzene rings is 1. The van der Waals surface area contributed by atoms with Gasteiger partial charge in [0.2, 0.25) is 6.10 Å². The number of aryl methyl sites for hydroxylation is 1. The van der Waals surface area contributed by atoms with Crippen LogP contribution >= 0.6 is 15.9 Å². The van der Waals surface area contributed by atoms with E-state index in [1.54, 1.807) is 31.0 Å². The highest BCUT2D eigenvalue weighted by Crippen LogP contribution is 2.40. The molecule has 1 unspecified atom stereocenters. The Hall–Kier alpha value is -2.34. The predicted octanol–water partition coefficient (Wildman–Crippen LogP) is 3.15. The monoisotopic (exact) mass is 482 g/mol. The van der Waals surface area contributed by atoms with Crippen molar-refractivity contribution in [3.63, 3.8) is 0 Å². The molecule has 0 aliphatic carbocycles. The zero-order valence-corrected chi connectivity index (χ0v) is 17.1. The van der Waals surface area contributed by atoms with E-state index in [-0.39, 0.29) is 32.1 Å². The number of likely N-dealkylation sites (N-methyl/N-ethyl adjacent to an activating group) is 1. The van der Waals surface area contributed by atoms with Crippen molar-refractivity contribution in [1.82, 2.24) is 4.90 Å². The van der Waals surface area contributed by atoms with E-state index in [9.17, 15) is 28.1 Å². The molecule has 0 aromatic heterocycles. The molecule has 8 nitrogen and oxygen atoms in total. The van der Waals surface area contributed by atoms with E-state index in [2.05, 4.69) is 20.8 Å². The van der Waals surface area contributed by atoms with E-state index in [1.165, 1.54) is 0 Å². The summed E-state index contributed by atoms with van der Waals surface area (Å²) in [5, 5.41) is 9.15. The number of halogens is 4. The number of hydrogen-bond donors (Lipinski definition) is 0. The molecule has 0 spiro atoms. The third-order valence-corrected chi connectivity index (χ3v) is 4.46. The van der Waals surface area contributed by atoms with Gasteiger partial charge in [0.05, 0.1) is 5.57 Å². The summed E-state index contributed by atoms with van der Waals surface area (Å²) in [5.41, 5.74) is 0.172. The first-order valence-electron chi connectivity index (χ1n) is 8.37. The lowest BCUT2D eigenvalue weighted by atomic mass is 9.99. The lowest BCUT2D eigenvalue weighted by molar-refractivity contribution is -0.757. The Bertz CT molecular complexity index is 815. The van der Waals surface area contributed by atoms with Crippen molar-refractivity contribution in [2.75, 3.05) is 33.4 Å². The van der Waals surface area contributed by atoms with E-state index < -0.39 is 28.9 Å². The first-order valence-corrected chi connectivity index (χ1v) is 9.16. The molecule has 1 aromatic rings. The average molecular weight is 483 g/mol. The van der Waals surface area contributed by atoms with Crippen molar-refractivity contribution in [3.8, 4) is 5.75 Å². The highest BCUT2D eigenvalue weighted by atomic mass is 79.9. The van der Waals surface area contributed by atoms with E-state index in [1.807, 2.05) is 0 Å². The normalized spacial score (nSPS) is 16.0. The van der Waals surface area contributed by atoms with Gasteiger partial charge in [-0.05, 0) is 37.7 Å². The quantitative estimate of drug-likeness (QED) is 0.319. The van der Waals surface area contributed by atoms with Crippen LogP contribution in [-0.4, -0.2) is 61.6 Å². The lowest BCUT2D eigenvalue weighted by Gasteiger charge is -2.29. The molecule has 0 saturated carbocycles. The zero-order chi connectivity index (χ0) is 21.8. The van der Waals surface area contributed by atoms with Gasteiger partial charge in [-0.3, -0.25) is 0 Å². The van der Waals surface area contributed by atoms with Gasteiger partial charge in [-0.15, -0.1) is 10.1 Å². The van der Waals surface area contributed by atoms with Crippen LogP contribution in [0.5, 0.6) is 5.75 Å². The molecule has 29 heavy (non-hydrogen) atoms. The molecule has 12 heteroatoms. The fourth-order valence-electron chi connectivity index (χ4n) is 2.62. The molecule has 0 saturated heterocycles. The number of nitrogens with zero attached hydrogens (tertiary/aromatic N) is 2. The second-order valence-corrected chi connectivity index (χ2v) is 7.19. The molecule has 1 aliphatic heterocycles. The minimum absolute atomic E-state index is 0.0533. The van der Waals surface area contributed by atoms with Crippen LogP contribution in [0.1, 0.15) is 11.1 Å². The van der Waals surface area contributed by atoms with Crippen LogP contribution in [0.3, 0.4) is 0 Å². The van der Waals surface area contributed by atoms with Crippen LogP contribution in [-0.2, 0) is 14.4 Å². The van der Waals surface area contributed by atoms with E-state index in [0.29, 0.717) is 15.6 Å². The average Bonchev–Trinajstić information content (AvgIpc) is 2.59. The van der Waals surface area contributed by atoms with Crippen molar-refractivity contribution in [1.29, 1.82) is 0 Å². The van der Waals surface area contributed by atoms with E-state index >= 15 is 0 Å². The number of carbonyl (C=O) groups excluding carboxylic acids is 1. The number of rotatable bonds is 8. The van der Waals surface area contributed by atoms with Crippen molar-refractivity contribution >= 4 is 28.0 Å². The molecule has 0 radical (unpaired) electrons. The summed E-state index contributed by atoms with van der Waals surface area (Å²) in [6, 6.07) is 3.16. The molecule has 1 aromatic carbocycles. The van der Waals surface area contributed by atoms with Crippen molar-refractivity contribution in [2.45, 2.75) is 19.2 Å². The van der Waals surface area contributed by atoms with Gasteiger partial charge in [0, 0.05) is 23.1 Å². The van der Waals surface area contributed by atoms with Crippen LogP contribution < -0.4 is 4.74 Å². The van der Waals surface area contributed by atoms with Crippen molar-refractivity contribution < 1.29 is 37.4 Å². The number of ether oxygens (including phenoxy) is 2. The zero-order valence-electron chi connectivity index (χ0n) is 15.5. The number of hydrogen-bond acceptors (Lipinski definition) is 7. The standard InChI is InChI=1S/C17H18BrF3N2O6/c1-10-7-12(18)8-11-9-13(15(17(19,20)21)29-14(10)11)16(24)27-5-3-22(2)4-6-28-23(25)26/h7-9,15H,3-6H2,1-2H3. The Balaban J connectivity index is 2.07.